The first-order valence-corrected chi connectivity index (χ1v) is 9.46. The second-order valence-electron chi connectivity index (χ2n) is 7.47. The maximum Gasteiger partial charge on any atom is 0.265 e. The van der Waals surface area contributed by atoms with Crippen LogP contribution in [0.15, 0.2) is 15.5 Å². The Balaban J connectivity index is 1.74. The van der Waals surface area contributed by atoms with Gasteiger partial charge in [0, 0.05) is 13.1 Å². The van der Waals surface area contributed by atoms with Gasteiger partial charge >= 0.3 is 0 Å². The molecule has 1 saturated heterocycles. The molecule has 3 heterocycles. The zero-order chi connectivity index (χ0) is 18.7. The van der Waals surface area contributed by atoms with Crippen LogP contribution in [-0.4, -0.2) is 46.5 Å². The Kier molecular flexibility index (Phi) is 5.76. The predicted molar refractivity (Wildman–Crippen MR) is 100 cm³/mol. The van der Waals surface area contributed by atoms with Gasteiger partial charge < -0.3 is 14.6 Å². The third-order valence-electron chi connectivity index (χ3n) is 4.78. The van der Waals surface area contributed by atoms with Crippen LogP contribution in [0.3, 0.4) is 0 Å². The lowest BCUT2D eigenvalue weighted by Crippen LogP contribution is -2.30. The number of hydrogen-bond acceptors (Lipinski definition) is 5. The van der Waals surface area contributed by atoms with Gasteiger partial charge in [0.1, 0.15) is 17.5 Å². The number of carbonyl (C=O) groups is 1. The molecular weight excluding hydrogens is 332 g/mol. The number of aryl methyl sites for hydroxylation is 1. The molecule has 142 valence electrons. The van der Waals surface area contributed by atoms with E-state index >= 15 is 0 Å². The number of carbonyl (C=O) groups excluding carboxylic acids is 1. The Morgan fingerprint density at radius 3 is 2.77 bits per heavy atom. The van der Waals surface area contributed by atoms with Crippen LogP contribution in [0.2, 0.25) is 0 Å². The van der Waals surface area contributed by atoms with Crippen LogP contribution in [0, 0.1) is 12.8 Å². The summed E-state index contributed by atoms with van der Waals surface area (Å²) in [6.45, 7) is 10.2. The topological polar surface area (TPSA) is 80.4 Å². The molecule has 3 rings (SSSR count). The lowest BCUT2D eigenvalue weighted by atomic mass is 10.1. The van der Waals surface area contributed by atoms with Crippen molar-refractivity contribution in [2.24, 2.45) is 5.92 Å². The molecule has 2 aromatic rings. The summed E-state index contributed by atoms with van der Waals surface area (Å²) in [7, 11) is 0. The third kappa shape index (κ3) is 3.98. The molecule has 0 bridgehead atoms. The van der Waals surface area contributed by atoms with Crippen molar-refractivity contribution in [3.63, 3.8) is 0 Å². The molecule has 7 nitrogen and oxygen atoms in total. The molecule has 0 unspecified atom stereocenters. The maximum absolute atomic E-state index is 12.8. The summed E-state index contributed by atoms with van der Waals surface area (Å²) in [6, 6.07) is 0. The van der Waals surface area contributed by atoms with Crippen molar-refractivity contribution in [2.45, 2.75) is 46.6 Å². The molecule has 0 spiro atoms. The Hall–Kier alpha value is -2.15. The van der Waals surface area contributed by atoms with Gasteiger partial charge in [-0.2, -0.15) is 0 Å². The number of amides is 1. The molecule has 1 aliphatic rings. The first-order valence-electron chi connectivity index (χ1n) is 9.46. The van der Waals surface area contributed by atoms with Crippen LogP contribution in [0.4, 0.5) is 0 Å². The Morgan fingerprint density at radius 1 is 1.35 bits per heavy atom. The highest BCUT2D eigenvalue weighted by molar-refractivity contribution is 6.06. The monoisotopic (exact) mass is 360 g/mol. The number of likely N-dealkylation sites (tertiary alicyclic amines) is 1. The van der Waals surface area contributed by atoms with Crippen molar-refractivity contribution in [1.82, 2.24) is 19.8 Å². The van der Waals surface area contributed by atoms with Gasteiger partial charge in [0.05, 0.1) is 5.56 Å². The predicted octanol–water partition coefficient (Wildman–Crippen LogP) is 2.17. The fourth-order valence-electron chi connectivity index (χ4n) is 3.53. The van der Waals surface area contributed by atoms with E-state index < -0.39 is 0 Å². The van der Waals surface area contributed by atoms with Crippen molar-refractivity contribution >= 4 is 17.0 Å². The average Bonchev–Trinajstić information content (AvgIpc) is 3.21. The van der Waals surface area contributed by atoms with E-state index in [1.165, 1.54) is 19.2 Å². The number of aromatic nitrogens is 2. The zero-order valence-electron chi connectivity index (χ0n) is 15.9. The molecule has 1 aliphatic heterocycles. The van der Waals surface area contributed by atoms with E-state index in [1.54, 1.807) is 11.5 Å². The number of nitrogens with one attached hydrogen (secondary N) is 1. The van der Waals surface area contributed by atoms with Crippen LogP contribution in [0.5, 0.6) is 0 Å². The summed E-state index contributed by atoms with van der Waals surface area (Å²) in [4.78, 5) is 32.1. The van der Waals surface area contributed by atoms with Crippen LogP contribution < -0.4 is 10.9 Å². The first-order chi connectivity index (χ1) is 12.5. The summed E-state index contributed by atoms with van der Waals surface area (Å²) in [5.41, 5.74) is 0.328. The number of fused-ring (bicyclic) bond motifs is 1. The Bertz CT molecular complexity index is 831. The lowest BCUT2D eigenvalue weighted by molar-refractivity contribution is 0.0952. The van der Waals surface area contributed by atoms with Crippen LogP contribution in [-0.2, 0) is 6.54 Å². The summed E-state index contributed by atoms with van der Waals surface area (Å²) >= 11 is 0. The van der Waals surface area contributed by atoms with E-state index in [-0.39, 0.29) is 22.6 Å². The smallest absolute Gasteiger partial charge is 0.265 e. The van der Waals surface area contributed by atoms with Crippen molar-refractivity contribution in [3.05, 3.63) is 28.0 Å². The molecule has 7 heteroatoms. The molecule has 0 aliphatic carbocycles. The molecule has 0 atom stereocenters. The minimum absolute atomic E-state index is 0.220. The molecule has 1 fully saturated rings. The van der Waals surface area contributed by atoms with E-state index in [0.29, 0.717) is 30.3 Å². The SMILES string of the molecule is Cc1oc2ncn(CC(C)C)c(=O)c2c1C(=O)NCCCN1CCCC1. The van der Waals surface area contributed by atoms with Gasteiger partial charge in [-0.25, -0.2) is 4.98 Å². The quantitative estimate of drug-likeness (QED) is 0.766. The van der Waals surface area contributed by atoms with Gasteiger partial charge in [-0.3, -0.25) is 14.2 Å². The fraction of sp³-hybridized carbons (Fsp3) is 0.632. The van der Waals surface area contributed by atoms with Gasteiger partial charge in [0.2, 0.25) is 5.71 Å². The van der Waals surface area contributed by atoms with Crippen LogP contribution in [0.25, 0.3) is 11.1 Å². The molecule has 0 saturated carbocycles. The molecule has 0 radical (unpaired) electrons. The summed E-state index contributed by atoms with van der Waals surface area (Å²) in [6.07, 6.45) is 4.92. The summed E-state index contributed by atoms with van der Waals surface area (Å²) in [5, 5.41) is 3.21. The van der Waals surface area contributed by atoms with Crippen molar-refractivity contribution in [3.8, 4) is 0 Å². The highest BCUT2D eigenvalue weighted by Gasteiger charge is 2.23. The molecule has 26 heavy (non-hydrogen) atoms. The second-order valence-corrected chi connectivity index (χ2v) is 7.47. The number of furan rings is 1. The van der Waals surface area contributed by atoms with Crippen molar-refractivity contribution < 1.29 is 9.21 Å². The molecule has 1 N–H and O–H groups in total. The maximum atomic E-state index is 12.8. The number of rotatable bonds is 7. The minimum Gasteiger partial charge on any atom is -0.442 e. The minimum atomic E-state index is -0.260. The summed E-state index contributed by atoms with van der Waals surface area (Å²) in [5.74, 6) is 0.482. The fourth-order valence-corrected chi connectivity index (χ4v) is 3.53. The van der Waals surface area contributed by atoms with Gasteiger partial charge in [-0.15, -0.1) is 0 Å². The standard InChI is InChI=1S/C19H28N4O3/c1-13(2)11-23-12-21-18-16(19(23)25)15(14(3)26-18)17(24)20-7-6-10-22-8-4-5-9-22/h12-13H,4-11H2,1-3H3,(H,20,24). The van der Waals surface area contributed by atoms with E-state index in [9.17, 15) is 9.59 Å². The van der Waals surface area contributed by atoms with Crippen molar-refractivity contribution in [1.29, 1.82) is 0 Å². The van der Waals surface area contributed by atoms with E-state index in [2.05, 4.69) is 15.2 Å². The Morgan fingerprint density at radius 2 is 2.08 bits per heavy atom. The van der Waals surface area contributed by atoms with E-state index in [0.717, 1.165) is 26.1 Å². The largest absolute Gasteiger partial charge is 0.442 e. The highest BCUT2D eigenvalue weighted by atomic mass is 16.3. The molecule has 2 aromatic heterocycles. The Labute approximate surface area is 153 Å². The van der Waals surface area contributed by atoms with Gasteiger partial charge in [0.15, 0.2) is 0 Å². The van der Waals surface area contributed by atoms with Crippen LogP contribution >= 0.6 is 0 Å². The van der Waals surface area contributed by atoms with Crippen LogP contribution in [0.1, 0.15) is 49.2 Å². The van der Waals surface area contributed by atoms with E-state index in [1.807, 2.05) is 13.8 Å². The first kappa shape index (κ1) is 18.6. The van der Waals surface area contributed by atoms with Gasteiger partial charge in [-0.05, 0) is 51.7 Å². The molecule has 0 aromatic carbocycles. The van der Waals surface area contributed by atoms with Gasteiger partial charge in [-0.1, -0.05) is 13.8 Å². The molecule has 1 amide bonds. The normalized spacial score (nSPS) is 15.2. The van der Waals surface area contributed by atoms with E-state index in [4.69, 9.17) is 4.42 Å². The summed E-state index contributed by atoms with van der Waals surface area (Å²) < 4.78 is 7.10. The third-order valence-corrected chi connectivity index (χ3v) is 4.78. The van der Waals surface area contributed by atoms with Crippen molar-refractivity contribution in [2.75, 3.05) is 26.2 Å². The second kappa shape index (κ2) is 8.03. The zero-order valence-corrected chi connectivity index (χ0v) is 15.9. The lowest BCUT2D eigenvalue weighted by Gasteiger charge is -2.14. The number of nitrogens with zero attached hydrogens (tertiary/aromatic N) is 3. The molecular formula is C19H28N4O3. The number of hydrogen-bond donors (Lipinski definition) is 1. The average molecular weight is 360 g/mol. The van der Waals surface area contributed by atoms with Gasteiger partial charge in [0.25, 0.3) is 11.5 Å². The highest BCUT2D eigenvalue weighted by Crippen LogP contribution is 2.21.